The molecule has 0 radical (unpaired) electrons. The van der Waals surface area contributed by atoms with Crippen molar-refractivity contribution in [2.75, 3.05) is 12.4 Å². The van der Waals surface area contributed by atoms with Crippen molar-refractivity contribution in [3.05, 3.63) is 29.3 Å². The summed E-state index contributed by atoms with van der Waals surface area (Å²) in [5.74, 6) is 2.54. The van der Waals surface area contributed by atoms with E-state index in [0.717, 1.165) is 18.1 Å². The molecule has 0 heterocycles. The third-order valence-electron chi connectivity index (χ3n) is 3.71. The van der Waals surface area contributed by atoms with Gasteiger partial charge in [0.1, 0.15) is 5.75 Å². The molecular weight excluding hydrogens is 228 g/mol. The summed E-state index contributed by atoms with van der Waals surface area (Å²) in [5.41, 5.74) is 2.94. The molecule has 0 spiro atoms. The second-order valence-electron chi connectivity index (χ2n) is 5.63. The van der Waals surface area contributed by atoms with E-state index in [1.807, 2.05) is 0 Å². The Labute approximate surface area is 110 Å². The molecule has 1 fully saturated rings. The van der Waals surface area contributed by atoms with E-state index < -0.39 is 0 Å². The Morgan fingerprint density at radius 3 is 2.59 bits per heavy atom. The predicted octanol–water partition coefficient (Wildman–Crippen LogP) is 4.21. The van der Waals surface area contributed by atoms with E-state index in [9.17, 15) is 0 Å². The topological polar surface area (TPSA) is 9.23 Å². The van der Waals surface area contributed by atoms with E-state index >= 15 is 0 Å². The highest BCUT2D eigenvalue weighted by atomic mass is 32.1. The molecule has 0 saturated heterocycles. The van der Waals surface area contributed by atoms with E-state index in [1.165, 1.54) is 24.0 Å². The van der Waals surface area contributed by atoms with Gasteiger partial charge < -0.3 is 4.74 Å². The smallest absolute Gasteiger partial charge is 0.122 e. The Bertz CT molecular complexity index is 394. The fourth-order valence-electron chi connectivity index (χ4n) is 1.89. The van der Waals surface area contributed by atoms with Crippen LogP contribution in [0.5, 0.6) is 5.75 Å². The Balaban J connectivity index is 2.06. The first-order chi connectivity index (χ1) is 8.06. The molecule has 1 aliphatic rings. The molecule has 1 aromatic carbocycles. The normalized spacial score (nSPS) is 17.2. The van der Waals surface area contributed by atoms with Gasteiger partial charge >= 0.3 is 0 Å². The highest BCUT2D eigenvalue weighted by molar-refractivity contribution is 7.80. The van der Waals surface area contributed by atoms with Crippen LogP contribution in [0.15, 0.2) is 18.2 Å². The first kappa shape index (κ1) is 12.8. The van der Waals surface area contributed by atoms with Gasteiger partial charge in [0.25, 0.3) is 0 Å². The first-order valence-corrected chi connectivity index (χ1v) is 7.04. The number of benzene rings is 1. The zero-order valence-electron chi connectivity index (χ0n) is 11.0. The summed E-state index contributed by atoms with van der Waals surface area (Å²) >= 11 is 4.41. The van der Waals surface area contributed by atoms with Crippen molar-refractivity contribution in [3.63, 3.8) is 0 Å². The van der Waals surface area contributed by atoms with E-state index in [0.29, 0.717) is 11.3 Å². The number of hydrogen-bond donors (Lipinski definition) is 1. The van der Waals surface area contributed by atoms with Gasteiger partial charge in [-0.15, -0.1) is 0 Å². The standard InChI is InChI=1S/C15H22OS/c1-11(2)13-5-4-12(3)14(8-13)16-9-15(10-17)6-7-15/h4-5,8,11,17H,6-7,9-10H2,1-3H3. The van der Waals surface area contributed by atoms with Crippen LogP contribution in [0, 0.1) is 12.3 Å². The lowest BCUT2D eigenvalue weighted by atomic mass is 10.0. The van der Waals surface area contributed by atoms with Crippen LogP contribution in [0.2, 0.25) is 0 Å². The van der Waals surface area contributed by atoms with E-state index in [1.54, 1.807) is 0 Å². The Morgan fingerprint density at radius 1 is 1.35 bits per heavy atom. The molecule has 2 rings (SSSR count). The second-order valence-corrected chi connectivity index (χ2v) is 5.94. The molecule has 0 aliphatic heterocycles. The maximum absolute atomic E-state index is 6.00. The summed E-state index contributed by atoms with van der Waals surface area (Å²) in [7, 11) is 0. The Kier molecular flexibility index (Phi) is 3.72. The molecule has 1 aliphatic carbocycles. The van der Waals surface area contributed by atoms with Gasteiger partial charge in [-0.05, 0) is 48.6 Å². The summed E-state index contributed by atoms with van der Waals surface area (Å²) < 4.78 is 6.00. The Morgan fingerprint density at radius 2 is 2.06 bits per heavy atom. The van der Waals surface area contributed by atoms with Crippen LogP contribution in [0.25, 0.3) is 0 Å². The van der Waals surface area contributed by atoms with Crippen molar-refractivity contribution in [1.82, 2.24) is 0 Å². The van der Waals surface area contributed by atoms with Crippen molar-refractivity contribution in [3.8, 4) is 5.75 Å². The molecule has 0 bridgehead atoms. The highest BCUT2D eigenvalue weighted by Gasteiger charge is 2.42. The van der Waals surface area contributed by atoms with Gasteiger partial charge in [0, 0.05) is 5.41 Å². The summed E-state index contributed by atoms with van der Waals surface area (Å²) in [6.45, 7) is 7.35. The number of ether oxygens (including phenoxy) is 1. The summed E-state index contributed by atoms with van der Waals surface area (Å²) in [6.07, 6.45) is 2.53. The van der Waals surface area contributed by atoms with Crippen LogP contribution >= 0.6 is 12.6 Å². The fraction of sp³-hybridized carbons (Fsp3) is 0.600. The predicted molar refractivity (Wildman–Crippen MR) is 76.3 cm³/mol. The third-order valence-corrected chi connectivity index (χ3v) is 4.38. The average molecular weight is 250 g/mol. The zero-order valence-corrected chi connectivity index (χ0v) is 11.9. The Hall–Kier alpha value is -0.630. The number of thiol groups is 1. The lowest BCUT2D eigenvalue weighted by Gasteiger charge is -2.16. The molecule has 2 heteroatoms. The van der Waals surface area contributed by atoms with Crippen molar-refractivity contribution in [2.45, 2.75) is 39.5 Å². The van der Waals surface area contributed by atoms with Crippen LogP contribution < -0.4 is 4.74 Å². The number of aryl methyl sites for hydroxylation is 1. The molecule has 0 amide bonds. The van der Waals surface area contributed by atoms with Gasteiger partial charge in [0.15, 0.2) is 0 Å². The van der Waals surface area contributed by atoms with Gasteiger partial charge in [-0.3, -0.25) is 0 Å². The zero-order chi connectivity index (χ0) is 12.5. The monoisotopic (exact) mass is 250 g/mol. The van der Waals surface area contributed by atoms with Gasteiger partial charge in [-0.25, -0.2) is 0 Å². The van der Waals surface area contributed by atoms with E-state index in [2.05, 4.69) is 51.6 Å². The van der Waals surface area contributed by atoms with Crippen LogP contribution in [0.3, 0.4) is 0 Å². The molecule has 1 aromatic rings. The number of rotatable bonds is 5. The quantitative estimate of drug-likeness (QED) is 0.770. The van der Waals surface area contributed by atoms with Crippen LogP contribution in [-0.4, -0.2) is 12.4 Å². The van der Waals surface area contributed by atoms with Crippen LogP contribution in [0.4, 0.5) is 0 Å². The minimum absolute atomic E-state index is 0.364. The summed E-state index contributed by atoms with van der Waals surface area (Å²) in [5, 5.41) is 0. The minimum atomic E-state index is 0.364. The molecule has 17 heavy (non-hydrogen) atoms. The first-order valence-electron chi connectivity index (χ1n) is 6.40. The SMILES string of the molecule is Cc1ccc(C(C)C)cc1OCC1(CS)CC1. The van der Waals surface area contributed by atoms with Gasteiger partial charge in [-0.1, -0.05) is 26.0 Å². The fourth-order valence-corrected chi connectivity index (χ4v) is 2.29. The second kappa shape index (κ2) is 4.93. The molecular formula is C15H22OS. The van der Waals surface area contributed by atoms with Crippen molar-refractivity contribution in [2.24, 2.45) is 5.41 Å². The lowest BCUT2D eigenvalue weighted by molar-refractivity contribution is 0.249. The molecule has 1 nitrogen and oxygen atoms in total. The maximum Gasteiger partial charge on any atom is 0.122 e. The van der Waals surface area contributed by atoms with Crippen molar-refractivity contribution in [1.29, 1.82) is 0 Å². The van der Waals surface area contributed by atoms with Gasteiger partial charge in [0.05, 0.1) is 6.61 Å². The van der Waals surface area contributed by atoms with E-state index in [4.69, 9.17) is 4.74 Å². The summed E-state index contributed by atoms with van der Waals surface area (Å²) in [6, 6.07) is 6.54. The summed E-state index contributed by atoms with van der Waals surface area (Å²) in [4.78, 5) is 0. The van der Waals surface area contributed by atoms with E-state index in [-0.39, 0.29) is 0 Å². The molecule has 1 saturated carbocycles. The minimum Gasteiger partial charge on any atom is -0.493 e. The highest BCUT2D eigenvalue weighted by Crippen LogP contribution is 2.46. The maximum atomic E-state index is 6.00. The van der Waals surface area contributed by atoms with Crippen molar-refractivity contribution < 1.29 is 4.74 Å². The van der Waals surface area contributed by atoms with Crippen molar-refractivity contribution >= 4 is 12.6 Å². The van der Waals surface area contributed by atoms with Crippen LogP contribution in [0.1, 0.15) is 43.7 Å². The molecule has 0 N–H and O–H groups in total. The number of hydrogen-bond acceptors (Lipinski definition) is 2. The molecule has 0 unspecified atom stereocenters. The molecule has 0 aromatic heterocycles. The van der Waals surface area contributed by atoms with Gasteiger partial charge in [0.2, 0.25) is 0 Å². The average Bonchev–Trinajstić information content (AvgIpc) is 3.08. The third kappa shape index (κ3) is 2.98. The molecule has 0 atom stereocenters. The molecule has 94 valence electrons. The lowest BCUT2D eigenvalue weighted by Crippen LogP contribution is -2.15. The largest absolute Gasteiger partial charge is 0.493 e. The van der Waals surface area contributed by atoms with Gasteiger partial charge in [-0.2, -0.15) is 12.6 Å². The van der Waals surface area contributed by atoms with Crippen LogP contribution in [-0.2, 0) is 0 Å².